The van der Waals surface area contributed by atoms with Crippen molar-refractivity contribution in [2.24, 2.45) is 10.9 Å². The number of piperidine rings is 1. The molecule has 1 aromatic heterocycles. The van der Waals surface area contributed by atoms with Crippen LogP contribution >= 0.6 is 0 Å². The second kappa shape index (κ2) is 13.0. The fraction of sp³-hybridized carbons (Fsp3) is 0.538. The van der Waals surface area contributed by atoms with Crippen LogP contribution < -0.4 is 16.4 Å². The highest BCUT2D eigenvalue weighted by Crippen LogP contribution is 2.26. The maximum absolute atomic E-state index is 13.0. The summed E-state index contributed by atoms with van der Waals surface area (Å²) in [4.78, 5) is 36.7. The Morgan fingerprint density at radius 2 is 2.06 bits per heavy atom. The molecule has 34 heavy (non-hydrogen) atoms. The molecule has 1 aromatic carbocycles. The molecule has 3 rings (SSSR count). The molecule has 1 aliphatic rings. The first-order valence-electron chi connectivity index (χ1n) is 12.4. The van der Waals surface area contributed by atoms with Crippen LogP contribution in [0.4, 0.5) is 5.69 Å². The number of carbonyl (C=O) groups is 2. The molecule has 5 N–H and O–H groups in total. The molecule has 0 spiro atoms. The quantitative estimate of drug-likeness (QED) is 0.215. The number of amides is 1. The summed E-state index contributed by atoms with van der Waals surface area (Å²) in [5.74, 6) is 1.19. The highest BCUT2D eigenvalue weighted by atomic mass is 16.2. The molecule has 0 saturated carbocycles. The van der Waals surface area contributed by atoms with E-state index in [1.807, 2.05) is 25.1 Å². The van der Waals surface area contributed by atoms with Crippen molar-refractivity contribution in [3.05, 3.63) is 35.8 Å². The molecule has 8 heteroatoms. The molecule has 2 heterocycles. The number of nitrogens with one attached hydrogen (secondary N) is 3. The van der Waals surface area contributed by atoms with Crippen molar-refractivity contribution in [1.82, 2.24) is 20.6 Å². The molecule has 1 atom stereocenters. The summed E-state index contributed by atoms with van der Waals surface area (Å²) in [5, 5.41) is 6.56. The number of hydrogen-bond acceptors (Lipinski definition) is 6. The lowest BCUT2D eigenvalue weighted by molar-refractivity contribution is -0.126. The van der Waals surface area contributed by atoms with Gasteiger partial charge in [-0.15, -0.1) is 0 Å². The Labute approximate surface area is 202 Å². The van der Waals surface area contributed by atoms with Crippen LogP contribution in [0.5, 0.6) is 0 Å². The summed E-state index contributed by atoms with van der Waals surface area (Å²) < 4.78 is 0. The number of H-pyrrole nitrogens is 1. The highest BCUT2D eigenvalue weighted by molar-refractivity contribution is 5.89. The van der Waals surface area contributed by atoms with Gasteiger partial charge in [0.2, 0.25) is 5.91 Å². The van der Waals surface area contributed by atoms with Crippen LogP contribution in [-0.4, -0.2) is 48.0 Å². The lowest BCUT2D eigenvalue weighted by Crippen LogP contribution is -2.40. The van der Waals surface area contributed by atoms with Crippen LogP contribution in [0.15, 0.2) is 29.4 Å². The van der Waals surface area contributed by atoms with E-state index in [4.69, 9.17) is 5.73 Å². The van der Waals surface area contributed by atoms with Crippen LogP contribution in [0.25, 0.3) is 11.3 Å². The predicted octanol–water partition coefficient (Wildman–Crippen LogP) is 3.79. The van der Waals surface area contributed by atoms with Gasteiger partial charge in [-0.2, -0.15) is 0 Å². The molecule has 1 fully saturated rings. The molecule has 0 radical (unpaired) electrons. The smallest absolute Gasteiger partial charge is 0.223 e. The number of ketones is 1. The fourth-order valence-corrected chi connectivity index (χ4v) is 4.33. The second-order valence-corrected chi connectivity index (χ2v) is 8.99. The largest absolute Gasteiger partial charge is 0.398 e. The predicted molar refractivity (Wildman–Crippen MR) is 137 cm³/mol. The first-order chi connectivity index (χ1) is 16.5. The minimum atomic E-state index is -0.191. The number of imidazole rings is 1. The number of hydrogen-bond donors (Lipinski definition) is 4. The number of nitrogen functional groups attached to an aromatic ring is 1. The van der Waals surface area contributed by atoms with E-state index >= 15 is 0 Å². The van der Waals surface area contributed by atoms with E-state index in [1.165, 1.54) is 0 Å². The van der Waals surface area contributed by atoms with Gasteiger partial charge in [0.25, 0.3) is 0 Å². The standard InChI is InChI=1S/C26H38N6O2/c1-3-21(33)7-5-4-6-8-23(32-26(34)18-11-13-29-14-12-18)25-30-17-24(31-25)19-9-10-22(27)20(15-19)16-28-2/h9-10,15-18,23,29H,3-8,11-14,27H2,1-2H3,(H,30,31)(H,32,34)/t23-/m0/s1. The molecule has 0 aliphatic carbocycles. The molecule has 0 unspecified atom stereocenters. The Morgan fingerprint density at radius 3 is 2.79 bits per heavy atom. The first kappa shape index (κ1) is 25.6. The number of nitrogens with two attached hydrogens (primary N) is 1. The molecule has 1 saturated heterocycles. The molecular formula is C26H38N6O2. The van der Waals surface area contributed by atoms with Crippen molar-refractivity contribution >= 4 is 23.6 Å². The summed E-state index contributed by atoms with van der Waals surface area (Å²) in [6.45, 7) is 3.65. The average molecular weight is 467 g/mol. The van der Waals surface area contributed by atoms with Crippen molar-refractivity contribution in [2.45, 2.75) is 64.3 Å². The van der Waals surface area contributed by atoms with Crippen molar-refractivity contribution in [2.75, 3.05) is 25.9 Å². The Hall–Kier alpha value is -3.00. The van der Waals surface area contributed by atoms with E-state index in [1.54, 1.807) is 19.5 Å². The number of benzene rings is 1. The monoisotopic (exact) mass is 466 g/mol. The van der Waals surface area contributed by atoms with Crippen LogP contribution in [0.1, 0.15) is 75.7 Å². The maximum Gasteiger partial charge on any atom is 0.223 e. The minimum absolute atomic E-state index is 0.0355. The van der Waals surface area contributed by atoms with Gasteiger partial charge >= 0.3 is 0 Å². The number of anilines is 1. The number of aliphatic imine (C=N–C) groups is 1. The molecular weight excluding hydrogens is 428 g/mol. The van der Waals surface area contributed by atoms with Crippen LogP contribution in [0, 0.1) is 5.92 Å². The molecule has 1 amide bonds. The Bertz CT molecular complexity index is 977. The first-order valence-corrected chi connectivity index (χ1v) is 12.4. The summed E-state index contributed by atoms with van der Waals surface area (Å²) in [7, 11) is 1.72. The van der Waals surface area contributed by atoms with E-state index in [2.05, 4.69) is 25.6 Å². The van der Waals surface area contributed by atoms with Crippen LogP contribution in [0.2, 0.25) is 0 Å². The zero-order valence-corrected chi connectivity index (χ0v) is 20.4. The second-order valence-electron chi connectivity index (χ2n) is 8.99. The molecule has 8 nitrogen and oxygen atoms in total. The van der Waals surface area contributed by atoms with Gasteiger partial charge in [-0.05, 0) is 50.9 Å². The number of aromatic amines is 1. The van der Waals surface area contributed by atoms with Gasteiger partial charge in [-0.25, -0.2) is 4.98 Å². The third kappa shape index (κ3) is 7.25. The van der Waals surface area contributed by atoms with Crippen molar-refractivity contribution in [3.63, 3.8) is 0 Å². The Balaban J connectivity index is 1.71. The number of rotatable bonds is 12. The molecule has 0 bridgehead atoms. The topological polar surface area (TPSA) is 125 Å². The van der Waals surface area contributed by atoms with Gasteiger partial charge < -0.3 is 21.4 Å². The Kier molecular flexibility index (Phi) is 9.82. The van der Waals surface area contributed by atoms with Gasteiger partial charge in [0.1, 0.15) is 11.6 Å². The van der Waals surface area contributed by atoms with Gasteiger partial charge in [-0.1, -0.05) is 25.8 Å². The number of aromatic nitrogens is 2. The zero-order chi connectivity index (χ0) is 24.3. The van der Waals surface area contributed by atoms with E-state index in [9.17, 15) is 9.59 Å². The van der Waals surface area contributed by atoms with Crippen LogP contribution in [-0.2, 0) is 9.59 Å². The summed E-state index contributed by atoms with van der Waals surface area (Å²) in [6.07, 6.45) is 10.0. The fourth-order valence-electron chi connectivity index (χ4n) is 4.33. The summed E-state index contributed by atoms with van der Waals surface area (Å²) in [5.41, 5.74) is 9.41. The van der Waals surface area contributed by atoms with E-state index < -0.39 is 0 Å². The molecule has 2 aromatic rings. The third-order valence-corrected chi connectivity index (χ3v) is 6.46. The highest BCUT2D eigenvalue weighted by Gasteiger charge is 2.25. The SMILES string of the molecule is CCC(=O)CCCCC[C@H](NC(=O)C1CCNCC1)c1ncc(-c2ccc(N)c(C=NC)c2)[nH]1. The van der Waals surface area contributed by atoms with Crippen molar-refractivity contribution in [1.29, 1.82) is 0 Å². The van der Waals surface area contributed by atoms with E-state index in [0.717, 1.165) is 74.3 Å². The lowest BCUT2D eigenvalue weighted by atomic mass is 9.96. The Morgan fingerprint density at radius 1 is 1.26 bits per heavy atom. The molecule has 1 aliphatic heterocycles. The van der Waals surface area contributed by atoms with Gasteiger partial charge in [0.05, 0.1) is 17.9 Å². The normalized spacial score (nSPS) is 15.5. The van der Waals surface area contributed by atoms with Gasteiger partial charge in [0, 0.05) is 48.8 Å². The zero-order valence-electron chi connectivity index (χ0n) is 20.4. The summed E-state index contributed by atoms with van der Waals surface area (Å²) in [6, 6.07) is 5.60. The minimum Gasteiger partial charge on any atom is -0.398 e. The van der Waals surface area contributed by atoms with Gasteiger partial charge in [-0.3, -0.25) is 14.6 Å². The van der Waals surface area contributed by atoms with E-state index in [0.29, 0.717) is 24.3 Å². The molecule has 184 valence electrons. The van der Waals surface area contributed by atoms with Crippen LogP contribution in [0.3, 0.4) is 0 Å². The number of unbranched alkanes of at least 4 members (excludes halogenated alkanes) is 2. The third-order valence-electron chi connectivity index (χ3n) is 6.46. The lowest BCUT2D eigenvalue weighted by Gasteiger charge is -2.25. The average Bonchev–Trinajstić information content (AvgIpc) is 3.35. The number of carbonyl (C=O) groups excluding carboxylic acids is 2. The van der Waals surface area contributed by atoms with Gasteiger partial charge in [0.15, 0.2) is 0 Å². The number of Topliss-reactive ketones (excluding diaryl/α,β-unsaturated/α-hetero) is 1. The maximum atomic E-state index is 13.0. The summed E-state index contributed by atoms with van der Waals surface area (Å²) >= 11 is 0. The number of nitrogens with zero attached hydrogens (tertiary/aromatic N) is 2. The van der Waals surface area contributed by atoms with Crippen molar-refractivity contribution < 1.29 is 9.59 Å². The van der Waals surface area contributed by atoms with E-state index in [-0.39, 0.29) is 17.9 Å². The van der Waals surface area contributed by atoms with Crippen molar-refractivity contribution in [3.8, 4) is 11.3 Å².